The van der Waals surface area contributed by atoms with Crippen LogP contribution in [0.15, 0.2) is 0 Å². The van der Waals surface area contributed by atoms with Crippen LogP contribution in [-0.4, -0.2) is 23.3 Å². The van der Waals surface area contributed by atoms with Gasteiger partial charge in [0.15, 0.2) is 0 Å². The van der Waals surface area contributed by atoms with Crippen LogP contribution in [0.1, 0.15) is 79.1 Å². The van der Waals surface area contributed by atoms with Crippen LogP contribution in [0.2, 0.25) is 0 Å². The van der Waals surface area contributed by atoms with Gasteiger partial charge in [0.25, 0.3) is 0 Å². The van der Waals surface area contributed by atoms with Gasteiger partial charge in [0.2, 0.25) is 0 Å². The number of aliphatic hydroxyl groups is 1. The van der Waals surface area contributed by atoms with E-state index in [-0.39, 0.29) is 0 Å². The van der Waals surface area contributed by atoms with Crippen LogP contribution in [-0.2, 0) is 0 Å². The Kier molecular flexibility index (Phi) is 6.14. The maximum absolute atomic E-state index is 10.8. The molecule has 0 radical (unpaired) electrons. The molecule has 2 aliphatic carbocycles. The molecule has 0 aromatic rings. The number of hydrogen-bond donors (Lipinski definition) is 2. The molecule has 0 saturated heterocycles. The minimum atomic E-state index is -0.437. The zero-order valence-electron chi connectivity index (χ0n) is 14.7. The standard InChI is InChI=1S/C19H37NO/c1-5-16-8-10-19(21,11-9-16)13-20-18-12-15(4)6-7-17(18)14(2)3/h14-18,20-21H,5-13H2,1-4H3. The molecular weight excluding hydrogens is 258 g/mol. The van der Waals surface area contributed by atoms with Gasteiger partial charge in [0.05, 0.1) is 5.60 Å². The van der Waals surface area contributed by atoms with Crippen molar-refractivity contribution in [3.63, 3.8) is 0 Å². The molecule has 0 amide bonds. The van der Waals surface area contributed by atoms with Crippen molar-refractivity contribution in [1.29, 1.82) is 0 Å². The quantitative estimate of drug-likeness (QED) is 0.789. The van der Waals surface area contributed by atoms with Crippen molar-refractivity contribution in [3.8, 4) is 0 Å². The number of nitrogens with one attached hydrogen (secondary N) is 1. The predicted octanol–water partition coefficient (Wildman–Crippen LogP) is 4.37. The smallest absolute Gasteiger partial charge is 0.0771 e. The molecule has 0 aromatic carbocycles. The fourth-order valence-corrected chi connectivity index (χ4v) is 4.56. The molecule has 2 rings (SSSR count). The van der Waals surface area contributed by atoms with E-state index in [4.69, 9.17) is 0 Å². The lowest BCUT2D eigenvalue weighted by Crippen LogP contribution is -2.50. The highest BCUT2D eigenvalue weighted by Gasteiger charge is 2.35. The average molecular weight is 296 g/mol. The Balaban J connectivity index is 1.85. The fourth-order valence-electron chi connectivity index (χ4n) is 4.56. The second kappa shape index (κ2) is 7.46. The predicted molar refractivity (Wildman–Crippen MR) is 90.3 cm³/mol. The molecule has 2 saturated carbocycles. The van der Waals surface area contributed by atoms with E-state index in [9.17, 15) is 5.11 Å². The van der Waals surface area contributed by atoms with E-state index in [1.165, 1.54) is 38.5 Å². The van der Waals surface area contributed by atoms with Crippen molar-refractivity contribution < 1.29 is 5.11 Å². The summed E-state index contributed by atoms with van der Waals surface area (Å²) >= 11 is 0. The molecule has 124 valence electrons. The van der Waals surface area contributed by atoms with Gasteiger partial charge in [-0.05, 0) is 62.2 Å². The zero-order chi connectivity index (χ0) is 15.5. The molecule has 2 N–H and O–H groups in total. The molecule has 0 aromatic heterocycles. The van der Waals surface area contributed by atoms with Crippen molar-refractivity contribution in [2.75, 3.05) is 6.54 Å². The first-order valence-corrected chi connectivity index (χ1v) is 9.39. The Hall–Kier alpha value is -0.0800. The summed E-state index contributed by atoms with van der Waals surface area (Å²) in [4.78, 5) is 0. The van der Waals surface area contributed by atoms with Crippen LogP contribution in [0.5, 0.6) is 0 Å². The van der Waals surface area contributed by atoms with Crippen LogP contribution < -0.4 is 5.32 Å². The number of rotatable bonds is 5. The fraction of sp³-hybridized carbons (Fsp3) is 1.00. The van der Waals surface area contributed by atoms with E-state index in [1.807, 2.05) is 0 Å². The normalized spacial score (nSPS) is 41.4. The monoisotopic (exact) mass is 295 g/mol. The first-order valence-electron chi connectivity index (χ1n) is 9.39. The van der Waals surface area contributed by atoms with E-state index in [0.717, 1.165) is 43.1 Å². The average Bonchev–Trinajstić information content (AvgIpc) is 2.46. The lowest BCUT2D eigenvalue weighted by molar-refractivity contribution is -0.0150. The molecule has 21 heavy (non-hydrogen) atoms. The van der Waals surface area contributed by atoms with Crippen LogP contribution in [0.3, 0.4) is 0 Å². The largest absolute Gasteiger partial charge is 0.389 e. The van der Waals surface area contributed by atoms with Crippen molar-refractivity contribution >= 4 is 0 Å². The molecule has 2 aliphatic rings. The van der Waals surface area contributed by atoms with Gasteiger partial charge < -0.3 is 10.4 Å². The topological polar surface area (TPSA) is 32.3 Å². The molecule has 2 heteroatoms. The molecule has 0 bridgehead atoms. The first-order chi connectivity index (χ1) is 9.93. The van der Waals surface area contributed by atoms with Gasteiger partial charge in [-0.1, -0.05) is 40.5 Å². The van der Waals surface area contributed by atoms with E-state index < -0.39 is 5.60 Å². The molecule has 2 fully saturated rings. The van der Waals surface area contributed by atoms with Crippen molar-refractivity contribution in [2.45, 2.75) is 90.7 Å². The molecule has 3 atom stereocenters. The highest BCUT2D eigenvalue weighted by molar-refractivity contribution is 4.91. The second-order valence-electron chi connectivity index (χ2n) is 8.39. The highest BCUT2D eigenvalue weighted by Crippen LogP contribution is 2.36. The summed E-state index contributed by atoms with van der Waals surface area (Å²) in [6.45, 7) is 10.2. The van der Waals surface area contributed by atoms with E-state index in [2.05, 4.69) is 33.0 Å². The summed E-state index contributed by atoms with van der Waals surface area (Å²) in [5.41, 5.74) is -0.437. The Morgan fingerprint density at radius 1 is 1.14 bits per heavy atom. The van der Waals surface area contributed by atoms with Gasteiger partial charge in [0, 0.05) is 12.6 Å². The maximum atomic E-state index is 10.8. The lowest BCUT2D eigenvalue weighted by Gasteiger charge is -2.41. The van der Waals surface area contributed by atoms with Gasteiger partial charge in [-0.15, -0.1) is 0 Å². The van der Waals surface area contributed by atoms with Crippen LogP contribution >= 0.6 is 0 Å². The molecular formula is C19H37NO. The van der Waals surface area contributed by atoms with E-state index >= 15 is 0 Å². The summed E-state index contributed by atoms with van der Waals surface area (Å²) in [6.07, 6.45) is 9.71. The van der Waals surface area contributed by atoms with Gasteiger partial charge in [0.1, 0.15) is 0 Å². The summed E-state index contributed by atoms with van der Waals surface area (Å²) in [7, 11) is 0. The van der Waals surface area contributed by atoms with Crippen molar-refractivity contribution in [3.05, 3.63) is 0 Å². The summed E-state index contributed by atoms with van der Waals surface area (Å²) in [5, 5.41) is 14.6. The maximum Gasteiger partial charge on any atom is 0.0771 e. The summed E-state index contributed by atoms with van der Waals surface area (Å²) in [6, 6.07) is 0.613. The van der Waals surface area contributed by atoms with Gasteiger partial charge in [-0.25, -0.2) is 0 Å². The summed E-state index contributed by atoms with van der Waals surface area (Å²) < 4.78 is 0. The number of hydrogen-bond acceptors (Lipinski definition) is 2. The van der Waals surface area contributed by atoms with Crippen LogP contribution in [0, 0.1) is 23.7 Å². The Morgan fingerprint density at radius 2 is 1.81 bits per heavy atom. The third-order valence-electron chi connectivity index (χ3n) is 6.33. The molecule has 3 unspecified atom stereocenters. The van der Waals surface area contributed by atoms with Gasteiger partial charge in [-0.2, -0.15) is 0 Å². The Morgan fingerprint density at radius 3 is 2.38 bits per heavy atom. The van der Waals surface area contributed by atoms with Gasteiger partial charge >= 0.3 is 0 Å². The minimum Gasteiger partial charge on any atom is -0.389 e. The molecule has 2 nitrogen and oxygen atoms in total. The highest BCUT2D eigenvalue weighted by atomic mass is 16.3. The minimum absolute atomic E-state index is 0.437. The second-order valence-corrected chi connectivity index (χ2v) is 8.39. The van der Waals surface area contributed by atoms with E-state index in [1.54, 1.807) is 0 Å². The van der Waals surface area contributed by atoms with Gasteiger partial charge in [-0.3, -0.25) is 0 Å². The lowest BCUT2D eigenvalue weighted by atomic mass is 9.73. The zero-order valence-corrected chi connectivity index (χ0v) is 14.7. The third-order valence-corrected chi connectivity index (χ3v) is 6.33. The van der Waals surface area contributed by atoms with Crippen LogP contribution in [0.4, 0.5) is 0 Å². The third kappa shape index (κ3) is 4.69. The SMILES string of the molecule is CCC1CCC(O)(CNC2CC(C)CCC2C(C)C)CC1. The van der Waals surface area contributed by atoms with Crippen molar-refractivity contribution in [2.24, 2.45) is 23.7 Å². The van der Waals surface area contributed by atoms with Crippen LogP contribution in [0.25, 0.3) is 0 Å². The summed E-state index contributed by atoms with van der Waals surface area (Å²) in [5.74, 6) is 3.23. The van der Waals surface area contributed by atoms with E-state index in [0.29, 0.717) is 6.04 Å². The molecule has 0 spiro atoms. The molecule has 0 heterocycles. The molecule has 0 aliphatic heterocycles. The Bertz CT molecular complexity index is 307. The Labute approximate surface area is 132 Å². The first kappa shape index (κ1) is 17.3. The van der Waals surface area contributed by atoms with Crippen molar-refractivity contribution in [1.82, 2.24) is 5.32 Å².